The molecule has 0 saturated carbocycles. The van der Waals surface area contributed by atoms with Crippen LogP contribution in [0.4, 0.5) is 0 Å². The van der Waals surface area contributed by atoms with Crippen molar-refractivity contribution in [2.24, 2.45) is 0 Å². The summed E-state index contributed by atoms with van der Waals surface area (Å²) in [5.74, 6) is -0.120. The van der Waals surface area contributed by atoms with Gasteiger partial charge in [0.2, 0.25) is 5.91 Å². The highest BCUT2D eigenvalue weighted by atomic mass is 16.3. The van der Waals surface area contributed by atoms with Gasteiger partial charge in [0.15, 0.2) is 0 Å². The summed E-state index contributed by atoms with van der Waals surface area (Å²) >= 11 is 0. The highest BCUT2D eigenvalue weighted by Crippen LogP contribution is 2.24. The minimum absolute atomic E-state index is 0.0595. The number of hydrogen-bond acceptors (Lipinski definition) is 6. The van der Waals surface area contributed by atoms with E-state index in [1.54, 1.807) is 9.80 Å². The maximum absolute atomic E-state index is 12.9. The maximum Gasteiger partial charge on any atom is 0.257 e. The molecule has 27 heavy (non-hydrogen) atoms. The predicted octanol–water partition coefficient (Wildman–Crippen LogP) is 0.966. The van der Waals surface area contributed by atoms with Crippen LogP contribution in [0, 0.1) is 0 Å². The zero-order valence-corrected chi connectivity index (χ0v) is 15.0. The van der Waals surface area contributed by atoms with Crippen LogP contribution in [-0.2, 0) is 17.8 Å². The summed E-state index contributed by atoms with van der Waals surface area (Å²) in [6, 6.07) is 5.92. The molecule has 0 bridgehead atoms. The molecule has 140 valence electrons. The molecule has 1 aromatic carbocycles. The predicted molar refractivity (Wildman–Crippen MR) is 95.9 cm³/mol. The van der Waals surface area contributed by atoms with Gasteiger partial charge in [0, 0.05) is 31.6 Å². The lowest BCUT2D eigenvalue weighted by Crippen LogP contribution is -2.51. The number of aryl methyl sites for hydroxylation is 1. The van der Waals surface area contributed by atoms with Gasteiger partial charge in [-0.15, -0.1) is 5.10 Å². The Morgan fingerprint density at radius 1 is 1.15 bits per heavy atom. The average Bonchev–Trinajstić information content (AvgIpc) is 3.36. The third-order valence-corrected chi connectivity index (χ3v) is 4.88. The second kappa shape index (κ2) is 7.18. The zero-order valence-electron chi connectivity index (χ0n) is 15.0. The van der Waals surface area contributed by atoms with Crippen LogP contribution in [0.2, 0.25) is 0 Å². The van der Waals surface area contributed by atoms with Crippen LogP contribution in [0.15, 0.2) is 35.2 Å². The van der Waals surface area contributed by atoms with Crippen molar-refractivity contribution in [1.29, 1.82) is 0 Å². The maximum atomic E-state index is 12.9. The number of tetrazole rings is 1. The average molecular weight is 368 g/mol. The first-order valence-corrected chi connectivity index (χ1v) is 8.93. The van der Waals surface area contributed by atoms with Crippen LogP contribution < -0.4 is 0 Å². The molecule has 2 amide bonds. The Hall–Kier alpha value is -3.23. The van der Waals surface area contributed by atoms with E-state index >= 15 is 0 Å². The molecule has 4 rings (SSSR count). The third-order valence-electron chi connectivity index (χ3n) is 4.88. The largest absolute Gasteiger partial charge is 0.463 e. The summed E-state index contributed by atoms with van der Waals surface area (Å²) in [5, 5.41) is 11.6. The second-order valence-corrected chi connectivity index (χ2v) is 6.51. The Bertz CT molecular complexity index is 957. The summed E-state index contributed by atoms with van der Waals surface area (Å²) in [5.41, 5.74) is 2.45. The van der Waals surface area contributed by atoms with Crippen LogP contribution in [-0.4, -0.2) is 68.0 Å². The van der Waals surface area contributed by atoms with Gasteiger partial charge in [0.1, 0.15) is 24.7 Å². The van der Waals surface area contributed by atoms with Crippen molar-refractivity contribution in [1.82, 2.24) is 30.0 Å². The molecule has 0 radical (unpaired) electrons. The number of benzene rings is 1. The molecule has 0 aliphatic carbocycles. The fourth-order valence-corrected chi connectivity index (χ4v) is 3.28. The molecule has 3 aromatic rings. The fraction of sp³-hybridized carbons (Fsp3) is 0.389. The molecule has 1 saturated heterocycles. The Labute approximate surface area is 155 Å². The number of carbonyl (C=O) groups is 2. The standard InChI is InChI=1S/C18H20N6O3/c1-2-13-3-4-16-14(9-13)15(11-27-16)18(26)23-7-5-22(6-8-23)17(25)10-24-12-19-20-21-24/h3-4,9,11-12H,2,5-8,10H2,1H3. The molecule has 9 nitrogen and oxygen atoms in total. The highest BCUT2D eigenvalue weighted by Gasteiger charge is 2.27. The Morgan fingerprint density at radius 2 is 1.93 bits per heavy atom. The molecule has 3 heterocycles. The van der Waals surface area contributed by atoms with Crippen LogP contribution in [0.3, 0.4) is 0 Å². The molecule has 1 fully saturated rings. The first-order valence-electron chi connectivity index (χ1n) is 8.93. The topological polar surface area (TPSA) is 97.4 Å². The highest BCUT2D eigenvalue weighted by molar-refractivity contribution is 6.06. The van der Waals surface area contributed by atoms with Gasteiger partial charge in [-0.3, -0.25) is 9.59 Å². The van der Waals surface area contributed by atoms with E-state index in [9.17, 15) is 9.59 Å². The van der Waals surface area contributed by atoms with Gasteiger partial charge in [-0.05, 0) is 34.5 Å². The summed E-state index contributed by atoms with van der Waals surface area (Å²) < 4.78 is 6.94. The lowest BCUT2D eigenvalue weighted by atomic mass is 10.1. The van der Waals surface area contributed by atoms with Crippen molar-refractivity contribution in [3.63, 3.8) is 0 Å². The molecule has 0 atom stereocenters. The quantitative estimate of drug-likeness (QED) is 0.681. The third kappa shape index (κ3) is 3.40. The monoisotopic (exact) mass is 368 g/mol. The van der Waals surface area contributed by atoms with Crippen LogP contribution in [0.5, 0.6) is 0 Å². The van der Waals surface area contributed by atoms with Crippen molar-refractivity contribution in [3.05, 3.63) is 41.9 Å². The first kappa shape index (κ1) is 17.2. The van der Waals surface area contributed by atoms with Crippen molar-refractivity contribution in [3.8, 4) is 0 Å². The normalized spacial score (nSPS) is 14.7. The van der Waals surface area contributed by atoms with Crippen molar-refractivity contribution < 1.29 is 14.0 Å². The summed E-state index contributed by atoms with van der Waals surface area (Å²) in [6.07, 6.45) is 3.84. The van der Waals surface area contributed by atoms with E-state index in [0.29, 0.717) is 37.3 Å². The molecule has 0 N–H and O–H groups in total. The minimum atomic E-state index is -0.0606. The van der Waals surface area contributed by atoms with Crippen LogP contribution in [0.1, 0.15) is 22.8 Å². The zero-order chi connectivity index (χ0) is 18.8. The second-order valence-electron chi connectivity index (χ2n) is 6.51. The van der Waals surface area contributed by atoms with E-state index in [0.717, 1.165) is 17.4 Å². The number of amides is 2. The Morgan fingerprint density at radius 3 is 2.63 bits per heavy atom. The summed E-state index contributed by atoms with van der Waals surface area (Å²) in [7, 11) is 0. The lowest BCUT2D eigenvalue weighted by Gasteiger charge is -2.34. The van der Waals surface area contributed by atoms with Gasteiger partial charge in [0.05, 0.1) is 5.56 Å². The van der Waals surface area contributed by atoms with E-state index in [2.05, 4.69) is 22.4 Å². The van der Waals surface area contributed by atoms with Crippen LogP contribution in [0.25, 0.3) is 11.0 Å². The molecule has 2 aromatic heterocycles. The Kier molecular flexibility index (Phi) is 4.57. The molecular weight excluding hydrogens is 348 g/mol. The summed E-state index contributed by atoms with van der Waals surface area (Å²) in [4.78, 5) is 28.7. The van der Waals surface area contributed by atoms with Gasteiger partial charge in [0.25, 0.3) is 5.91 Å². The van der Waals surface area contributed by atoms with Crippen molar-refractivity contribution in [2.75, 3.05) is 26.2 Å². The first-order chi connectivity index (χ1) is 13.2. The van der Waals surface area contributed by atoms with E-state index in [-0.39, 0.29) is 18.4 Å². The van der Waals surface area contributed by atoms with Gasteiger partial charge >= 0.3 is 0 Å². The van der Waals surface area contributed by atoms with Gasteiger partial charge < -0.3 is 14.2 Å². The van der Waals surface area contributed by atoms with E-state index in [1.165, 1.54) is 17.3 Å². The minimum Gasteiger partial charge on any atom is -0.463 e. The number of rotatable bonds is 4. The van der Waals surface area contributed by atoms with Crippen molar-refractivity contribution in [2.45, 2.75) is 19.9 Å². The lowest BCUT2D eigenvalue weighted by molar-refractivity contribution is -0.133. The SMILES string of the molecule is CCc1ccc2occ(C(=O)N3CCN(C(=O)Cn4cnnn4)CC3)c2c1. The number of aromatic nitrogens is 4. The molecular formula is C18H20N6O3. The van der Waals surface area contributed by atoms with Crippen molar-refractivity contribution >= 4 is 22.8 Å². The number of carbonyl (C=O) groups excluding carboxylic acids is 2. The number of fused-ring (bicyclic) bond motifs is 1. The molecule has 0 spiro atoms. The molecule has 1 aliphatic rings. The number of nitrogens with zero attached hydrogens (tertiary/aromatic N) is 6. The smallest absolute Gasteiger partial charge is 0.257 e. The summed E-state index contributed by atoms with van der Waals surface area (Å²) in [6.45, 7) is 4.13. The van der Waals surface area contributed by atoms with Gasteiger partial charge in [-0.25, -0.2) is 4.68 Å². The fourth-order valence-electron chi connectivity index (χ4n) is 3.28. The molecule has 1 aliphatic heterocycles. The van der Waals surface area contributed by atoms with Crippen LogP contribution >= 0.6 is 0 Å². The van der Waals surface area contributed by atoms with E-state index in [1.807, 2.05) is 18.2 Å². The molecule has 9 heteroatoms. The van der Waals surface area contributed by atoms with Gasteiger partial charge in [-0.2, -0.15) is 0 Å². The number of hydrogen-bond donors (Lipinski definition) is 0. The number of furan rings is 1. The number of piperazine rings is 1. The van der Waals surface area contributed by atoms with E-state index in [4.69, 9.17) is 4.42 Å². The van der Waals surface area contributed by atoms with E-state index < -0.39 is 0 Å². The molecule has 0 unspecified atom stereocenters. The Balaban J connectivity index is 1.42. The van der Waals surface area contributed by atoms with Gasteiger partial charge in [-0.1, -0.05) is 13.0 Å².